The van der Waals surface area contributed by atoms with Gasteiger partial charge < -0.3 is 37.9 Å². The normalized spacial score (nSPS) is 12.0. The maximum Gasteiger partial charge on any atom is 0.323 e. The van der Waals surface area contributed by atoms with Gasteiger partial charge in [-0.3, -0.25) is 38.4 Å². The number of rotatable bonds is 12. The Morgan fingerprint density at radius 1 is 0.400 bits per heavy atom. The van der Waals surface area contributed by atoms with E-state index in [1.807, 2.05) is 59.0 Å². The molecule has 0 radical (unpaired) electrons. The topological polar surface area (TPSA) is 210 Å². The van der Waals surface area contributed by atoms with E-state index in [4.69, 9.17) is 23.2 Å². The van der Waals surface area contributed by atoms with E-state index in [0.717, 1.165) is 0 Å². The highest BCUT2D eigenvalue weighted by molar-refractivity contribution is 14.1. The van der Waals surface area contributed by atoms with E-state index in [1.54, 1.807) is 83.1 Å². The van der Waals surface area contributed by atoms with E-state index in [1.165, 1.54) is 28.4 Å². The SMILES string of the molecule is CCOC(=O)C(C)C.CCOC(=O)[C@H](C)Br.CCOC(=O)[C@H](C)Cl.CCOC(=O)[C@H](C)I.COC(=O)C(C)C.COC(=O)[C@H](C)Br.COC(=O)[C@H](C)Cl.COC(=O)[C@H](C)I. The number of alkyl halides is 6. The lowest BCUT2D eigenvalue weighted by Crippen LogP contribution is -2.13. The van der Waals surface area contributed by atoms with Gasteiger partial charge in [0.1, 0.15) is 28.3 Å². The fourth-order valence-corrected chi connectivity index (χ4v) is 2.71. The second-order valence-corrected chi connectivity index (χ2v) is 18.9. The van der Waals surface area contributed by atoms with Crippen LogP contribution in [0.4, 0.5) is 0 Å². The first-order chi connectivity index (χ1) is 27.4. The summed E-state index contributed by atoms with van der Waals surface area (Å²) in [6.07, 6.45) is 0. The summed E-state index contributed by atoms with van der Waals surface area (Å²) in [4.78, 5) is 82.5. The predicted molar refractivity (Wildman–Crippen MR) is 259 cm³/mol. The summed E-state index contributed by atoms with van der Waals surface area (Å²) in [5.74, 6) is -1.73. The first-order valence-electron chi connectivity index (χ1n) is 18.3. The van der Waals surface area contributed by atoms with Gasteiger partial charge in [0.15, 0.2) is 0 Å². The highest BCUT2D eigenvalue weighted by Gasteiger charge is 2.10. The van der Waals surface area contributed by atoms with Crippen molar-refractivity contribution in [2.75, 3.05) is 54.9 Å². The minimum Gasteiger partial charge on any atom is -0.469 e. The Morgan fingerprint density at radius 2 is 0.650 bits per heavy atom. The average Bonchev–Trinajstić information content (AvgIpc) is 3.18. The van der Waals surface area contributed by atoms with Crippen molar-refractivity contribution in [1.82, 2.24) is 0 Å². The Balaban J connectivity index is -0.0000000859. The fourth-order valence-electron chi connectivity index (χ4n) is 1.80. The number of methoxy groups -OCH3 is 4. The zero-order chi connectivity index (χ0) is 49.7. The molecule has 6 atom stereocenters. The summed E-state index contributed by atoms with van der Waals surface area (Å²) in [7, 11) is 5.45. The molecule has 0 aromatic rings. The molecule has 0 aliphatic carbocycles. The first-order valence-corrected chi connectivity index (χ1v) is 23.5. The summed E-state index contributed by atoms with van der Waals surface area (Å²) in [5.41, 5.74) is 0. The molecule has 0 aromatic heterocycles. The van der Waals surface area contributed by atoms with Crippen LogP contribution in [-0.4, -0.2) is 131 Å². The molecule has 360 valence electrons. The molecule has 0 aromatic carbocycles. The van der Waals surface area contributed by atoms with Gasteiger partial charge in [-0.05, 0) is 69.2 Å². The van der Waals surface area contributed by atoms with Crippen LogP contribution in [0.5, 0.6) is 0 Å². The van der Waals surface area contributed by atoms with Crippen molar-refractivity contribution in [2.24, 2.45) is 11.8 Å². The summed E-state index contributed by atoms with van der Waals surface area (Å²) in [6.45, 7) is 26.4. The van der Waals surface area contributed by atoms with E-state index in [2.05, 4.69) is 69.8 Å². The van der Waals surface area contributed by atoms with Crippen molar-refractivity contribution in [3.63, 3.8) is 0 Å². The maximum absolute atomic E-state index is 10.5. The second kappa shape index (κ2) is 53.9. The number of carbonyl (C=O) groups is 8. The van der Waals surface area contributed by atoms with Gasteiger partial charge in [0.2, 0.25) is 0 Å². The molecule has 0 amide bonds. The maximum atomic E-state index is 10.5. The molecule has 0 N–H and O–H groups in total. The highest BCUT2D eigenvalue weighted by Crippen LogP contribution is 2.01. The Bertz CT molecular complexity index is 943. The van der Waals surface area contributed by atoms with Gasteiger partial charge in [-0.25, -0.2) is 0 Å². The van der Waals surface area contributed by atoms with Crippen molar-refractivity contribution < 1.29 is 76.3 Å². The number of carbonyl (C=O) groups excluding carboxylic acids is 8. The third-order valence-corrected chi connectivity index (χ3v) is 6.96. The molecular weight excluding hydrogens is 1200 g/mol. The number of ether oxygens (including phenoxy) is 8. The third-order valence-electron chi connectivity index (χ3n) is 4.84. The summed E-state index contributed by atoms with van der Waals surface area (Å²) >= 11 is 20.7. The van der Waals surface area contributed by atoms with Gasteiger partial charge in [0.25, 0.3) is 0 Å². The number of hydrogen-bond donors (Lipinski definition) is 0. The first kappa shape index (κ1) is 76.1. The molecule has 0 fully saturated rings. The van der Waals surface area contributed by atoms with E-state index in [9.17, 15) is 38.4 Å². The van der Waals surface area contributed by atoms with E-state index < -0.39 is 10.8 Å². The van der Waals surface area contributed by atoms with Crippen molar-refractivity contribution in [3.8, 4) is 0 Å². The van der Waals surface area contributed by atoms with Crippen molar-refractivity contribution in [2.45, 2.75) is 125 Å². The predicted octanol–water partition coefficient (Wildman–Crippen LogP) is 8.62. The molecule has 0 aliphatic rings. The van der Waals surface area contributed by atoms with E-state index in [-0.39, 0.29) is 77.1 Å². The van der Waals surface area contributed by atoms with E-state index in [0.29, 0.717) is 26.4 Å². The van der Waals surface area contributed by atoms with Crippen LogP contribution in [0.25, 0.3) is 0 Å². The largest absolute Gasteiger partial charge is 0.469 e. The minimum atomic E-state index is -0.523. The van der Waals surface area contributed by atoms with Gasteiger partial charge in [-0.1, -0.05) is 105 Å². The van der Waals surface area contributed by atoms with Gasteiger partial charge in [-0.15, -0.1) is 23.2 Å². The molecule has 0 rings (SSSR count). The van der Waals surface area contributed by atoms with Crippen LogP contribution < -0.4 is 0 Å². The van der Waals surface area contributed by atoms with Crippen LogP contribution in [0.2, 0.25) is 0 Å². The van der Waals surface area contributed by atoms with Crippen LogP contribution >= 0.6 is 100 Å². The number of esters is 8. The molecule has 0 saturated heterocycles. The lowest BCUT2D eigenvalue weighted by Gasteiger charge is -2.01. The highest BCUT2D eigenvalue weighted by atomic mass is 127. The van der Waals surface area contributed by atoms with Crippen LogP contribution in [0.15, 0.2) is 0 Å². The lowest BCUT2D eigenvalue weighted by molar-refractivity contribution is -0.147. The lowest BCUT2D eigenvalue weighted by atomic mass is 10.2. The van der Waals surface area contributed by atoms with E-state index >= 15 is 0 Å². The molecule has 0 aliphatic heterocycles. The molecule has 16 nitrogen and oxygen atoms in total. The molecule has 0 saturated carbocycles. The van der Waals surface area contributed by atoms with Crippen LogP contribution in [0.3, 0.4) is 0 Å². The molecule has 60 heavy (non-hydrogen) atoms. The monoisotopic (exact) mass is 1260 g/mol. The molecular formula is C38H70Br2Cl2I2O16. The van der Waals surface area contributed by atoms with Gasteiger partial charge >= 0.3 is 47.8 Å². The Hall–Kier alpha value is -1.24. The third kappa shape index (κ3) is 68.5. The van der Waals surface area contributed by atoms with Crippen LogP contribution in [-0.2, 0) is 76.3 Å². The summed E-state index contributed by atoms with van der Waals surface area (Å²) in [6, 6.07) is 0. The fraction of sp³-hybridized carbons (Fsp3) is 0.789. The molecule has 0 spiro atoms. The molecule has 22 heteroatoms. The molecule has 0 bridgehead atoms. The van der Waals surface area contributed by atoms with Crippen molar-refractivity contribution in [3.05, 3.63) is 0 Å². The Kier molecular flexibility index (Phi) is 68.3. The Labute approximate surface area is 412 Å². The van der Waals surface area contributed by atoms with Crippen LogP contribution in [0.1, 0.15) is 96.9 Å². The standard InChI is InChI=1S/C6H12O2.C5H9BrO2.C5H9ClO2.C5H9IO2.C5H10O2.C4H7BrO2.C4H7ClO2.C4H7IO2/c1-4-8-6(7)5(2)3;3*1-3-8-5(7)4(2)6;1-4(2)5(6)7-3;3*1-3(5)4(6)7-2/h5H,4H2,1-3H3;3*4H,3H2,1-2H3;4H,1-3H3;3*3H,1-2H3/t;3*4-;;3*3-/m.000.000/s1. The zero-order valence-electron chi connectivity index (χ0n) is 38.2. The molecule has 0 unspecified atom stereocenters. The average molecular weight is 1270 g/mol. The van der Waals surface area contributed by atoms with Crippen LogP contribution in [0, 0.1) is 11.8 Å². The summed E-state index contributed by atoms with van der Waals surface area (Å²) < 4.78 is 35.7. The van der Waals surface area contributed by atoms with Crippen molar-refractivity contribution >= 4 is 148 Å². The van der Waals surface area contributed by atoms with Gasteiger partial charge in [-0.2, -0.15) is 0 Å². The van der Waals surface area contributed by atoms with Gasteiger partial charge in [0, 0.05) is 0 Å². The molecule has 0 heterocycles. The van der Waals surface area contributed by atoms with Gasteiger partial charge in [0.05, 0.1) is 66.7 Å². The second-order valence-electron chi connectivity index (χ2n) is 11.1. The zero-order valence-corrected chi connectivity index (χ0v) is 47.2. The number of hydrogen-bond acceptors (Lipinski definition) is 16. The Morgan fingerprint density at radius 3 is 0.717 bits per heavy atom. The minimum absolute atomic E-state index is 0.00463. The quantitative estimate of drug-likeness (QED) is 0.0775. The summed E-state index contributed by atoms with van der Waals surface area (Å²) in [5, 5.41) is -1.04. The smallest absolute Gasteiger partial charge is 0.323 e. The van der Waals surface area contributed by atoms with Crippen molar-refractivity contribution in [1.29, 1.82) is 0 Å². The number of halogens is 6.